The first-order chi connectivity index (χ1) is 15.4. The molecule has 168 valence electrons. The lowest BCUT2D eigenvalue weighted by molar-refractivity contribution is -0.117. The van der Waals surface area contributed by atoms with E-state index in [2.05, 4.69) is 11.9 Å². The first-order valence-corrected chi connectivity index (χ1v) is 11.1. The number of likely N-dealkylation sites (tertiary alicyclic amines) is 1. The first-order valence-electron chi connectivity index (χ1n) is 11.1. The van der Waals surface area contributed by atoms with Gasteiger partial charge in [0.05, 0.1) is 14.2 Å². The van der Waals surface area contributed by atoms with Crippen molar-refractivity contribution >= 4 is 22.6 Å². The van der Waals surface area contributed by atoms with Gasteiger partial charge < -0.3 is 24.2 Å². The van der Waals surface area contributed by atoms with Gasteiger partial charge in [-0.25, -0.2) is 0 Å². The highest BCUT2D eigenvalue weighted by molar-refractivity contribution is 6.00. The number of H-pyrrole nitrogens is 1. The molecule has 1 amide bonds. The number of aromatic amines is 1. The summed E-state index contributed by atoms with van der Waals surface area (Å²) in [6, 6.07) is 11.7. The largest absolute Gasteiger partial charge is 0.493 e. The van der Waals surface area contributed by atoms with E-state index in [-0.39, 0.29) is 17.6 Å². The lowest BCUT2D eigenvalue weighted by Gasteiger charge is -2.16. The fraction of sp³-hybridized carbons (Fsp3) is 0.385. The number of hydrogen-bond acceptors (Lipinski definition) is 4. The molecule has 1 N–H and O–H groups in total. The van der Waals surface area contributed by atoms with Gasteiger partial charge in [-0.3, -0.25) is 4.79 Å². The zero-order chi connectivity index (χ0) is 22.8. The molecule has 1 aromatic heterocycles. The van der Waals surface area contributed by atoms with Gasteiger partial charge in [-0.05, 0) is 67.6 Å². The average Bonchev–Trinajstić information content (AvgIpc) is 3.41. The zero-order valence-electron chi connectivity index (χ0n) is 19.2. The number of ether oxygens (including phenoxy) is 2. The minimum absolute atomic E-state index is 0.0360. The molecule has 0 bridgehead atoms. The number of carbonyl (C=O) groups excluding carboxylic acids is 2. The van der Waals surface area contributed by atoms with Gasteiger partial charge in [0.1, 0.15) is 5.78 Å². The molecule has 6 heteroatoms. The van der Waals surface area contributed by atoms with Gasteiger partial charge >= 0.3 is 0 Å². The number of carbonyl (C=O) groups is 2. The number of fused-ring (bicyclic) bond motifs is 1. The van der Waals surface area contributed by atoms with Gasteiger partial charge in [-0.15, -0.1) is 0 Å². The first kappa shape index (κ1) is 21.9. The minimum atomic E-state index is 0.0360. The van der Waals surface area contributed by atoms with E-state index in [1.807, 2.05) is 41.3 Å². The van der Waals surface area contributed by atoms with Crippen LogP contribution in [0.15, 0.2) is 36.4 Å². The summed E-state index contributed by atoms with van der Waals surface area (Å²) in [5, 5.41) is 1.06. The van der Waals surface area contributed by atoms with Crippen molar-refractivity contribution in [3.8, 4) is 22.8 Å². The molecule has 1 saturated heterocycles. The molecule has 0 aliphatic carbocycles. The molecule has 1 atom stereocenters. The predicted molar refractivity (Wildman–Crippen MR) is 126 cm³/mol. The highest BCUT2D eigenvalue weighted by atomic mass is 16.5. The van der Waals surface area contributed by atoms with E-state index in [0.717, 1.165) is 40.6 Å². The lowest BCUT2D eigenvalue weighted by atomic mass is 10.0. The second-order valence-electron chi connectivity index (χ2n) is 8.47. The maximum Gasteiger partial charge on any atom is 0.253 e. The lowest BCUT2D eigenvalue weighted by Crippen LogP contribution is -2.28. The fourth-order valence-corrected chi connectivity index (χ4v) is 4.76. The van der Waals surface area contributed by atoms with Crippen LogP contribution in [0, 0.1) is 5.92 Å². The van der Waals surface area contributed by atoms with E-state index in [1.54, 1.807) is 21.1 Å². The van der Waals surface area contributed by atoms with Crippen LogP contribution in [0.2, 0.25) is 0 Å². The monoisotopic (exact) mass is 434 g/mol. The number of Topliss-reactive ketones (excluding diaryl/α,β-unsaturated/α-hetero) is 1. The van der Waals surface area contributed by atoms with Gasteiger partial charge in [0, 0.05) is 47.2 Å². The zero-order valence-corrected chi connectivity index (χ0v) is 19.2. The van der Waals surface area contributed by atoms with Crippen molar-refractivity contribution in [1.82, 2.24) is 9.88 Å². The predicted octanol–water partition coefficient (Wildman–Crippen LogP) is 4.86. The minimum Gasteiger partial charge on any atom is -0.493 e. The van der Waals surface area contributed by atoms with Gasteiger partial charge in [-0.1, -0.05) is 6.92 Å². The number of ketones is 1. The number of aromatic nitrogens is 1. The second kappa shape index (κ2) is 9.07. The summed E-state index contributed by atoms with van der Waals surface area (Å²) >= 11 is 0. The summed E-state index contributed by atoms with van der Waals surface area (Å²) in [6.07, 6.45) is 2.27. The van der Waals surface area contributed by atoms with Crippen LogP contribution in [0.1, 0.15) is 42.6 Å². The average molecular weight is 435 g/mol. The van der Waals surface area contributed by atoms with Crippen LogP contribution in [0.25, 0.3) is 22.2 Å². The summed E-state index contributed by atoms with van der Waals surface area (Å²) in [5.74, 6) is 1.86. The fourth-order valence-electron chi connectivity index (χ4n) is 4.76. The number of rotatable bonds is 7. The Hall–Kier alpha value is -3.28. The van der Waals surface area contributed by atoms with Crippen molar-refractivity contribution in [2.75, 3.05) is 27.3 Å². The maximum atomic E-state index is 13.2. The number of amides is 1. The van der Waals surface area contributed by atoms with E-state index >= 15 is 0 Å². The molecular formula is C26H30N2O4. The molecule has 0 spiro atoms. The normalized spacial score (nSPS) is 15.9. The molecule has 1 aliphatic heterocycles. The molecule has 3 aromatic rings. The summed E-state index contributed by atoms with van der Waals surface area (Å²) in [7, 11) is 3.25. The van der Waals surface area contributed by atoms with Gasteiger partial charge in [0.15, 0.2) is 11.5 Å². The van der Waals surface area contributed by atoms with Gasteiger partial charge in [0.2, 0.25) is 0 Å². The Bertz CT molecular complexity index is 1160. The quantitative estimate of drug-likeness (QED) is 0.577. The summed E-state index contributed by atoms with van der Waals surface area (Å²) < 4.78 is 10.8. The number of benzene rings is 2. The molecule has 2 aromatic carbocycles. The molecule has 2 heterocycles. The van der Waals surface area contributed by atoms with Crippen molar-refractivity contribution in [1.29, 1.82) is 0 Å². The number of methoxy groups -OCH3 is 2. The van der Waals surface area contributed by atoms with E-state index in [9.17, 15) is 9.59 Å². The van der Waals surface area contributed by atoms with Gasteiger partial charge in [0.25, 0.3) is 5.91 Å². The third-order valence-corrected chi connectivity index (χ3v) is 6.33. The molecule has 32 heavy (non-hydrogen) atoms. The van der Waals surface area contributed by atoms with Crippen molar-refractivity contribution in [2.45, 2.75) is 33.1 Å². The van der Waals surface area contributed by atoms with Crippen molar-refractivity contribution < 1.29 is 19.1 Å². The number of aryl methyl sites for hydroxylation is 1. The van der Waals surface area contributed by atoms with Crippen molar-refractivity contribution in [2.24, 2.45) is 5.92 Å². The standard InChI is InChI=1S/C26H30N2O4/c1-5-20-21-13-19(26(30)28-11-10-17(15-28)12-16(2)29)6-8-22(21)27-25(20)18-7-9-23(31-3)24(14-18)32-4/h6-9,13-14,17,27H,5,10-12,15H2,1-4H3/t17-/m1/s1. The Morgan fingerprint density at radius 3 is 2.56 bits per heavy atom. The molecule has 0 saturated carbocycles. The molecule has 6 nitrogen and oxygen atoms in total. The molecule has 0 unspecified atom stereocenters. The smallest absolute Gasteiger partial charge is 0.253 e. The second-order valence-corrected chi connectivity index (χ2v) is 8.47. The highest BCUT2D eigenvalue weighted by Crippen LogP contribution is 2.36. The Labute approximate surface area is 188 Å². The number of nitrogens with zero attached hydrogens (tertiary/aromatic N) is 1. The Balaban J connectivity index is 1.67. The molecule has 1 fully saturated rings. The summed E-state index contributed by atoms with van der Waals surface area (Å²) in [6.45, 7) is 5.10. The molecule has 0 radical (unpaired) electrons. The van der Waals surface area contributed by atoms with E-state index < -0.39 is 0 Å². The number of nitrogens with one attached hydrogen (secondary N) is 1. The molecular weight excluding hydrogens is 404 g/mol. The number of hydrogen-bond donors (Lipinski definition) is 1. The van der Waals surface area contributed by atoms with Crippen LogP contribution in [-0.2, 0) is 11.2 Å². The van der Waals surface area contributed by atoms with Gasteiger partial charge in [-0.2, -0.15) is 0 Å². The maximum absolute atomic E-state index is 13.2. The van der Waals surface area contributed by atoms with Crippen LogP contribution < -0.4 is 9.47 Å². The van der Waals surface area contributed by atoms with Crippen LogP contribution in [0.3, 0.4) is 0 Å². The Morgan fingerprint density at radius 2 is 1.88 bits per heavy atom. The Morgan fingerprint density at radius 1 is 1.09 bits per heavy atom. The van der Waals surface area contributed by atoms with Crippen LogP contribution in [0.5, 0.6) is 11.5 Å². The molecule has 4 rings (SSSR count). The van der Waals surface area contributed by atoms with E-state index in [1.165, 1.54) is 0 Å². The van der Waals surface area contributed by atoms with Crippen LogP contribution in [0.4, 0.5) is 0 Å². The van der Waals surface area contributed by atoms with E-state index in [0.29, 0.717) is 36.6 Å². The molecule has 1 aliphatic rings. The van der Waals surface area contributed by atoms with Crippen molar-refractivity contribution in [3.63, 3.8) is 0 Å². The third-order valence-electron chi connectivity index (χ3n) is 6.33. The Kier molecular flexibility index (Phi) is 6.21. The highest BCUT2D eigenvalue weighted by Gasteiger charge is 2.28. The van der Waals surface area contributed by atoms with Crippen LogP contribution >= 0.6 is 0 Å². The summed E-state index contributed by atoms with van der Waals surface area (Å²) in [5.41, 5.74) is 4.89. The van der Waals surface area contributed by atoms with Crippen LogP contribution in [-0.4, -0.2) is 48.9 Å². The van der Waals surface area contributed by atoms with E-state index in [4.69, 9.17) is 9.47 Å². The third kappa shape index (κ3) is 4.09. The SMILES string of the molecule is CCc1c(-c2ccc(OC)c(OC)c2)[nH]c2ccc(C(=O)N3CC[C@H](CC(C)=O)C3)cc12. The topological polar surface area (TPSA) is 71.6 Å². The van der Waals surface area contributed by atoms with Crippen molar-refractivity contribution in [3.05, 3.63) is 47.5 Å². The summed E-state index contributed by atoms with van der Waals surface area (Å²) in [4.78, 5) is 30.0.